The molecule has 0 atom stereocenters. The van der Waals surface area contributed by atoms with Gasteiger partial charge in [-0.2, -0.15) is 0 Å². The Morgan fingerprint density at radius 2 is 1.62 bits per heavy atom. The van der Waals surface area contributed by atoms with E-state index in [-0.39, 0.29) is 5.82 Å². The molecule has 0 unspecified atom stereocenters. The van der Waals surface area contributed by atoms with E-state index in [1.54, 1.807) is 6.07 Å². The van der Waals surface area contributed by atoms with Crippen molar-refractivity contribution in [3.05, 3.63) is 35.1 Å². The van der Waals surface area contributed by atoms with Gasteiger partial charge in [-0.15, -0.1) is 0 Å². The van der Waals surface area contributed by atoms with E-state index in [1.807, 2.05) is 12.1 Å². The van der Waals surface area contributed by atoms with Gasteiger partial charge in [-0.3, -0.25) is 0 Å². The summed E-state index contributed by atoms with van der Waals surface area (Å²) < 4.78 is 14.2. The minimum Gasteiger partial charge on any atom is -0.207 e. The van der Waals surface area contributed by atoms with Crippen molar-refractivity contribution in [3.8, 4) is 11.8 Å². The Bertz CT molecular complexity index is 619. The largest absolute Gasteiger partial charge is 0.207 e. The van der Waals surface area contributed by atoms with E-state index in [0.717, 1.165) is 48.1 Å². The van der Waals surface area contributed by atoms with Gasteiger partial charge in [-0.25, -0.2) is 4.39 Å². The fraction of sp³-hybridized carbons (Fsp3) is 0.680. The van der Waals surface area contributed by atoms with E-state index in [9.17, 15) is 4.39 Å². The minimum atomic E-state index is -0.0829. The van der Waals surface area contributed by atoms with Gasteiger partial charge in [0, 0.05) is 11.5 Å². The van der Waals surface area contributed by atoms with Crippen molar-refractivity contribution in [1.82, 2.24) is 0 Å². The number of hydrogen-bond acceptors (Lipinski definition) is 0. The fourth-order valence-electron chi connectivity index (χ4n) is 4.87. The zero-order valence-corrected chi connectivity index (χ0v) is 16.7. The maximum absolute atomic E-state index is 14.2. The molecule has 0 bridgehead atoms. The second kappa shape index (κ2) is 9.59. The van der Waals surface area contributed by atoms with E-state index in [2.05, 4.69) is 25.7 Å². The standard InChI is InChI=1S/C25H35F/c1-3-4-5-24-17-12-21(18-25(24)26)9-8-20-10-15-23(16-11-20)22-13-6-19(2)7-14-22/h12,17-20,22-23H,3-7,10-11,13-16H2,1-2H3/t19-,20?,22-,23?. The van der Waals surface area contributed by atoms with Crippen LogP contribution in [0, 0.1) is 41.3 Å². The maximum Gasteiger partial charge on any atom is 0.127 e. The Kier molecular flexibility index (Phi) is 7.18. The van der Waals surface area contributed by atoms with Gasteiger partial charge in [0.2, 0.25) is 0 Å². The lowest BCUT2D eigenvalue weighted by molar-refractivity contribution is 0.162. The van der Waals surface area contributed by atoms with Crippen LogP contribution in [0.15, 0.2) is 18.2 Å². The molecule has 2 saturated carbocycles. The van der Waals surface area contributed by atoms with Crippen molar-refractivity contribution in [1.29, 1.82) is 0 Å². The summed E-state index contributed by atoms with van der Waals surface area (Å²) >= 11 is 0. The molecule has 0 aliphatic heterocycles. The van der Waals surface area contributed by atoms with Gasteiger partial charge in [0.1, 0.15) is 5.82 Å². The number of hydrogen-bond donors (Lipinski definition) is 0. The van der Waals surface area contributed by atoms with Crippen LogP contribution in [-0.2, 0) is 6.42 Å². The summed E-state index contributed by atoms with van der Waals surface area (Å²) in [5.41, 5.74) is 1.67. The third kappa shape index (κ3) is 5.35. The molecule has 0 radical (unpaired) electrons. The molecule has 2 aliphatic carbocycles. The highest BCUT2D eigenvalue weighted by molar-refractivity contribution is 5.37. The summed E-state index contributed by atoms with van der Waals surface area (Å²) in [5, 5.41) is 0. The monoisotopic (exact) mass is 354 g/mol. The second-order valence-electron chi connectivity index (χ2n) is 8.81. The van der Waals surface area contributed by atoms with Crippen molar-refractivity contribution < 1.29 is 4.39 Å². The molecule has 0 nitrogen and oxygen atoms in total. The maximum atomic E-state index is 14.2. The Hall–Kier alpha value is -1.29. The molecular weight excluding hydrogens is 319 g/mol. The molecule has 1 aromatic rings. The highest BCUT2D eigenvalue weighted by Crippen LogP contribution is 2.41. The van der Waals surface area contributed by atoms with Crippen LogP contribution < -0.4 is 0 Å². The molecule has 0 amide bonds. The Morgan fingerprint density at radius 1 is 0.962 bits per heavy atom. The van der Waals surface area contributed by atoms with Crippen LogP contribution in [0.4, 0.5) is 4.39 Å². The van der Waals surface area contributed by atoms with Gasteiger partial charge in [0.25, 0.3) is 0 Å². The van der Waals surface area contributed by atoms with Crippen LogP contribution >= 0.6 is 0 Å². The lowest BCUT2D eigenvalue weighted by atomic mass is 9.69. The summed E-state index contributed by atoms with van der Waals surface area (Å²) in [6.45, 7) is 4.54. The lowest BCUT2D eigenvalue weighted by Gasteiger charge is -2.36. The van der Waals surface area contributed by atoms with Crippen molar-refractivity contribution in [3.63, 3.8) is 0 Å². The zero-order valence-electron chi connectivity index (χ0n) is 16.7. The number of rotatable bonds is 4. The zero-order chi connectivity index (χ0) is 18.4. The van der Waals surface area contributed by atoms with Crippen LogP contribution in [0.5, 0.6) is 0 Å². The second-order valence-corrected chi connectivity index (χ2v) is 8.81. The Balaban J connectivity index is 1.50. The van der Waals surface area contributed by atoms with E-state index in [4.69, 9.17) is 0 Å². The first-order chi connectivity index (χ1) is 12.7. The van der Waals surface area contributed by atoms with Gasteiger partial charge in [-0.05, 0) is 86.8 Å². The Labute approximate surface area is 160 Å². The summed E-state index contributed by atoms with van der Waals surface area (Å²) in [5.74, 6) is 9.98. The van der Waals surface area contributed by atoms with Crippen molar-refractivity contribution in [2.75, 3.05) is 0 Å². The van der Waals surface area contributed by atoms with Crippen molar-refractivity contribution >= 4 is 0 Å². The molecule has 0 saturated heterocycles. The summed E-state index contributed by atoms with van der Waals surface area (Å²) in [6, 6.07) is 5.55. The van der Waals surface area contributed by atoms with Crippen molar-refractivity contribution in [2.45, 2.75) is 84.5 Å². The quantitative estimate of drug-likeness (QED) is 0.503. The third-order valence-corrected chi connectivity index (χ3v) is 6.77. The molecule has 1 heteroatoms. The van der Waals surface area contributed by atoms with Crippen LogP contribution in [0.2, 0.25) is 0 Å². The van der Waals surface area contributed by atoms with E-state index in [0.29, 0.717) is 5.92 Å². The molecule has 1 aromatic carbocycles. The molecule has 3 rings (SSSR count). The fourth-order valence-corrected chi connectivity index (χ4v) is 4.87. The lowest BCUT2D eigenvalue weighted by Crippen LogP contribution is -2.24. The number of benzene rings is 1. The van der Waals surface area contributed by atoms with Crippen molar-refractivity contribution in [2.24, 2.45) is 23.7 Å². The smallest absolute Gasteiger partial charge is 0.127 e. The molecule has 0 aromatic heterocycles. The van der Waals surface area contributed by atoms with E-state index < -0.39 is 0 Å². The molecule has 2 fully saturated rings. The Morgan fingerprint density at radius 3 is 2.23 bits per heavy atom. The average Bonchev–Trinajstić information content (AvgIpc) is 2.67. The van der Waals surface area contributed by atoms with Gasteiger partial charge in [-0.1, -0.05) is 51.0 Å². The normalized spacial score (nSPS) is 29.0. The molecule has 0 N–H and O–H groups in total. The summed E-state index contributed by atoms with van der Waals surface area (Å²) in [6.07, 6.45) is 13.9. The molecule has 142 valence electrons. The average molecular weight is 355 g/mol. The molecule has 26 heavy (non-hydrogen) atoms. The highest BCUT2D eigenvalue weighted by Gasteiger charge is 2.29. The van der Waals surface area contributed by atoms with Gasteiger partial charge < -0.3 is 0 Å². The minimum absolute atomic E-state index is 0.0829. The summed E-state index contributed by atoms with van der Waals surface area (Å²) in [4.78, 5) is 0. The number of aryl methyl sites for hydroxylation is 1. The SMILES string of the molecule is CCCCc1ccc(C#CC2CCC([C@H]3CC[C@H](C)CC3)CC2)cc1F. The topological polar surface area (TPSA) is 0 Å². The number of unbranched alkanes of at least 4 members (excludes halogenated alkanes) is 1. The predicted molar refractivity (Wildman–Crippen MR) is 108 cm³/mol. The van der Waals surface area contributed by atoms with Crippen LogP contribution in [0.25, 0.3) is 0 Å². The third-order valence-electron chi connectivity index (χ3n) is 6.77. The molecule has 2 aliphatic rings. The molecular formula is C25H35F. The van der Waals surface area contributed by atoms with Gasteiger partial charge in [0.05, 0.1) is 0 Å². The molecule has 0 heterocycles. The molecule has 0 spiro atoms. The van der Waals surface area contributed by atoms with E-state index >= 15 is 0 Å². The first kappa shape index (κ1) is 19.5. The highest BCUT2D eigenvalue weighted by atomic mass is 19.1. The van der Waals surface area contributed by atoms with E-state index in [1.165, 1.54) is 51.4 Å². The first-order valence-corrected chi connectivity index (χ1v) is 11.0. The van der Waals surface area contributed by atoms with Gasteiger partial charge in [0.15, 0.2) is 0 Å². The van der Waals surface area contributed by atoms with Gasteiger partial charge >= 0.3 is 0 Å². The van der Waals surface area contributed by atoms with Crippen LogP contribution in [-0.4, -0.2) is 0 Å². The summed E-state index contributed by atoms with van der Waals surface area (Å²) in [7, 11) is 0. The predicted octanol–water partition coefficient (Wildman–Crippen LogP) is 7.15. The van der Waals surface area contributed by atoms with Crippen LogP contribution in [0.3, 0.4) is 0 Å². The van der Waals surface area contributed by atoms with Crippen LogP contribution in [0.1, 0.15) is 89.2 Å². The first-order valence-electron chi connectivity index (χ1n) is 11.0. The number of halogens is 1.